The topological polar surface area (TPSA) is 102 Å². The molecule has 0 aliphatic heterocycles. The van der Waals surface area contributed by atoms with Crippen LogP contribution >= 0.6 is 0 Å². The smallest absolute Gasteiger partial charge is 0.331 e. The molecule has 0 saturated heterocycles. The van der Waals surface area contributed by atoms with E-state index in [1.54, 1.807) is 6.08 Å². The molecule has 26 heavy (non-hydrogen) atoms. The van der Waals surface area contributed by atoms with Crippen molar-refractivity contribution in [1.82, 2.24) is 5.32 Å². The van der Waals surface area contributed by atoms with Gasteiger partial charge < -0.3 is 20.9 Å². The lowest BCUT2D eigenvalue weighted by Gasteiger charge is -2.36. The van der Waals surface area contributed by atoms with Crippen LogP contribution in [-0.4, -0.2) is 41.3 Å². The highest BCUT2D eigenvalue weighted by Gasteiger charge is 2.35. The van der Waals surface area contributed by atoms with Crippen LogP contribution < -0.4 is 11.1 Å². The van der Waals surface area contributed by atoms with Gasteiger partial charge in [0, 0.05) is 18.5 Å². The number of nitrogens with one attached hydrogen (secondary N) is 1. The first kappa shape index (κ1) is 20.1. The Balaban J connectivity index is 2.09. The normalized spacial score (nSPS) is 23.8. The van der Waals surface area contributed by atoms with Gasteiger partial charge in [0.25, 0.3) is 0 Å². The van der Waals surface area contributed by atoms with Crippen LogP contribution in [0.2, 0.25) is 0 Å². The first-order valence-electron chi connectivity index (χ1n) is 9.06. The Morgan fingerprint density at radius 3 is 2.62 bits per heavy atom. The molecular weight excluding hydrogens is 332 g/mol. The van der Waals surface area contributed by atoms with Gasteiger partial charge in [0.15, 0.2) is 0 Å². The number of aliphatic carboxylic acids is 1. The Bertz CT molecular complexity index is 644. The Labute approximate surface area is 154 Å². The van der Waals surface area contributed by atoms with Crippen molar-refractivity contribution in [1.29, 1.82) is 0 Å². The van der Waals surface area contributed by atoms with Gasteiger partial charge in [0.1, 0.15) is 0 Å². The van der Waals surface area contributed by atoms with Gasteiger partial charge in [0.05, 0.1) is 18.2 Å². The highest BCUT2D eigenvalue weighted by atomic mass is 16.5. The molecule has 0 radical (unpaired) electrons. The number of amides is 1. The van der Waals surface area contributed by atoms with E-state index in [-0.39, 0.29) is 24.0 Å². The van der Waals surface area contributed by atoms with E-state index in [0.717, 1.165) is 19.3 Å². The molecule has 1 aromatic carbocycles. The zero-order chi connectivity index (χ0) is 19.1. The number of ether oxygens (including phenoxy) is 1. The molecule has 4 atom stereocenters. The molecule has 4 N–H and O–H groups in total. The fourth-order valence-corrected chi connectivity index (χ4v) is 3.26. The van der Waals surface area contributed by atoms with Gasteiger partial charge in [-0.2, -0.15) is 0 Å². The molecule has 2 rings (SSSR count). The van der Waals surface area contributed by atoms with Crippen LogP contribution in [0.25, 0.3) is 0 Å². The molecule has 1 aliphatic rings. The Morgan fingerprint density at radius 1 is 1.35 bits per heavy atom. The van der Waals surface area contributed by atoms with Crippen LogP contribution in [0.4, 0.5) is 0 Å². The summed E-state index contributed by atoms with van der Waals surface area (Å²) in [7, 11) is 0. The third kappa shape index (κ3) is 5.68. The zero-order valence-corrected chi connectivity index (χ0v) is 15.4. The number of carboxylic acid groups (broad SMARTS) is 1. The van der Waals surface area contributed by atoms with E-state index in [4.69, 9.17) is 10.5 Å². The van der Waals surface area contributed by atoms with E-state index in [2.05, 4.69) is 17.4 Å². The minimum atomic E-state index is -0.993. The maximum Gasteiger partial charge on any atom is 0.331 e. The second-order valence-electron chi connectivity index (χ2n) is 6.75. The molecule has 142 valence electrons. The largest absolute Gasteiger partial charge is 0.478 e. The van der Waals surface area contributed by atoms with Crippen LogP contribution in [0.1, 0.15) is 38.7 Å². The van der Waals surface area contributed by atoms with Crippen molar-refractivity contribution in [3.8, 4) is 0 Å². The van der Waals surface area contributed by atoms with E-state index in [1.165, 1.54) is 12.5 Å². The van der Waals surface area contributed by atoms with Crippen molar-refractivity contribution in [2.24, 2.45) is 5.73 Å². The Morgan fingerprint density at radius 2 is 2.04 bits per heavy atom. The molecule has 6 heteroatoms. The Kier molecular flexibility index (Phi) is 7.36. The van der Waals surface area contributed by atoms with E-state index >= 15 is 0 Å². The zero-order valence-electron chi connectivity index (χ0n) is 15.4. The maximum absolute atomic E-state index is 11.5. The maximum atomic E-state index is 11.5. The fraction of sp³-hybridized carbons (Fsp3) is 0.500. The van der Waals surface area contributed by atoms with Gasteiger partial charge in [-0.3, -0.25) is 4.79 Å². The predicted octanol–water partition coefficient (Wildman–Crippen LogP) is 2.03. The number of hydrogen-bond acceptors (Lipinski definition) is 4. The summed E-state index contributed by atoms with van der Waals surface area (Å²) in [5.41, 5.74) is 7.60. The Hall–Kier alpha value is -2.18. The highest BCUT2D eigenvalue weighted by molar-refractivity contribution is 5.87. The third-order valence-corrected chi connectivity index (χ3v) is 4.68. The third-order valence-electron chi connectivity index (χ3n) is 4.68. The number of rotatable bonds is 8. The predicted molar refractivity (Wildman–Crippen MR) is 99.6 cm³/mol. The van der Waals surface area contributed by atoms with Crippen LogP contribution in [0, 0.1) is 0 Å². The summed E-state index contributed by atoms with van der Waals surface area (Å²) in [5, 5.41) is 12.1. The van der Waals surface area contributed by atoms with E-state index in [9.17, 15) is 14.7 Å². The summed E-state index contributed by atoms with van der Waals surface area (Å²) >= 11 is 0. The van der Waals surface area contributed by atoms with Crippen LogP contribution in [0.15, 0.2) is 42.0 Å². The number of hydrogen-bond donors (Lipinski definition) is 3. The van der Waals surface area contributed by atoms with Crippen LogP contribution in [0.5, 0.6) is 0 Å². The molecule has 1 aromatic rings. The number of benzene rings is 1. The average Bonchev–Trinajstić information content (AvgIpc) is 2.61. The van der Waals surface area contributed by atoms with E-state index in [1.807, 2.05) is 25.1 Å². The van der Waals surface area contributed by atoms with E-state index < -0.39 is 24.2 Å². The summed E-state index contributed by atoms with van der Waals surface area (Å²) < 4.78 is 6.19. The van der Waals surface area contributed by atoms with Gasteiger partial charge in [-0.1, -0.05) is 37.3 Å². The molecule has 0 bridgehead atoms. The second kappa shape index (κ2) is 9.50. The standard InChI is InChI=1S/C20H28N2O4/c1-3-16(10-9-14-7-5-4-6-8-14)26-18-12-15(20(24)25)11-17(21)19(18)22-13(2)23/h4-8,12,16-19H,3,9-11,21H2,1-2H3,(H,22,23)(H,24,25)/t16-,17+,18?,19-/m1/s1. The molecule has 1 amide bonds. The molecule has 0 spiro atoms. The molecule has 0 fully saturated rings. The lowest BCUT2D eigenvalue weighted by molar-refractivity contribution is -0.133. The summed E-state index contributed by atoms with van der Waals surface area (Å²) in [6, 6.07) is 9.22. The van der Waals surface area contributed by atoms with Gasteiger partial charge in [-0.25, -0.2) is 4.79 Å². The molecule has 6 nitrogen and oxygen atoms in total. The monoisotopic (exact) mass is 360 g/mol. The van der Waals surface area contributed by atoms with Gasteiger partial charge in [-0.15, -0.1) is 0 Å². The minimum Gasteiger partial charge on any atom is -0.478 e. The molecule has 0 heterocycles. The van der Waals surface area contributed by atoms with Crippen LogP contribution in [0.3, 0.4) is 0 Å². The number of nitrogens with two attached hydrogens (primary N) is 1. The van der Waals surface area contributed by atoms with Gasteiger partial charge >= 0.3 is 5.97 Å². The molecule has 1 aliphatic carbocycles. The number of aryl methyl sites for hydroxylation is 1. The van der Waals surface area contributed by atoms with E-state index in [0.29, 0.717) is 0 Å². The molecule has 0 aromatic heterocycles. The van der Waals surface area contributed by atoms with Gasteiger partial charge in [0.2, 0.25) is 5.91 Å². The van der Waals surface area contributed by atoms with Crippen molar-refractivity contribution in [2.45, 2.75) is 63.8 Å². The SMILES string of the molecule is CC[C@H](CCc1ccccc1)OC1C=C(C(=O)O)C[C@H](N)[C@H]1NC(C)=O. The first-order chi connectivity index (χ1) is 12.4. The number of carbonyl (C=O) groups is 2. The van der Waals surface area contributed by atoms with Crippen LogP contribution in [-0.2, 0) is 20.7 Å². The first-order valence-corrected chi connectivity index (χ1v) is 9.06. The lowest BCUT2D eigenvalue weighted by atomic mass is 9.88. The fourth-order valence-electron chi connectivity index (χ4n) is 3.26. The minimum absolute atomic E-state index is 0.0481. The average molecular weight is 360 g/mol. The van der Waals surface area contributed by atoms with Gasteiger partial charge in [-0.05, 0) is 37.3 Å². The van der Waals surface area contributed by atoms with Crippen molar-refractivity contribution in [2.75, 3.05) is 0 Å². The summed E-state index contributed by atoms with van der Waals surface area (Å²) in [6.07, 6.45) is 3.69. The number of carbonyl (C=O) groups excluding carboxylic acids is 1. The van der Waals surface area contributed by atoms with Crippen molar-refractivity contribution < 1.29 is 19.4 Å². The van der Waals surface area contributed by atoms with Crippen molar-refractivity contribution in [3.63, 3.8) is 0 Å². The highest BCUT2D eigenvalue weighted by Crippen LogP contribution is 2.24. The molecule has 0 saturated carbocycles. The summed E-state index contributed by atoms with van der Waals surface area (Å²) in [6.45, 7) is 3.46. The molecular formula is C20H28N2O4. The second-order valence-corrected chi connectivity index (χ2v) is 6.75. The van der Waals surface area contributed by atoms with Crippen molar-refractivity contribution >= 4 is 11.9 Å². The quantitative estimate of drug-likeness (QED) is 0.658. The molecule has 1 unspecified atom stereocenters. The lowest BCUT2D eigenvalue weighted by Crippen LogP contribution is -2.57. The number of carboxylic acids is 1. The summed E-state index contributed by atoms with van der Waals surface area (Å²) in [4.78, 5) is 22.9. The summed E-state index contributed by atoms with van der Waals surface area (Å²) in [5.74, 6) is -1.20. The van der Waals surface area contributed by atoms with Crippen molar-refractivity contribution in [3.05, 3.63) is 47.5 Å².